The van der Waals surface area contributed by atoms with E-state index in [2.05, 4.69) is 15.2 Å². The van der Waals surface area contributed by atoms with E-state index in [9.17, 15) is 4.79 Å². The Balaban J connectivity index is 2.00. The van der Waals surface area contributed by atoms with Gasteiger partial charge in [0, 0.05) is 19.3 Å². The number of fused-ring (bicyclic) bond motifs is 1. The SMILES string of the molecule is NC(=O)C1CCN2CC=NC2N1. The van der Waals surface area contributed by atoms with Gasteiger partial charge in [-0.25, -0.2) is 0 Å². The molecule has 2 aliphatic heterocycles. The predicted molar refractivity (Wildman–Crippen MR) is 44.6 cm³/mol. The highest BCUT2D eigenvalue weighted by Crippen LogP contribution is 2.12. The molecule has 0 saturated carbocycles. The second-order valence-electron chi connectivity index (χ2n) is 3.11. The number of hydrogen-bond donors (Lipinski definition) is 2. The maximum atomic E-state index is 10.8. The average molecular weight is 168 g/mol. The highest BCUT2D eigenvalue weighted by Gasteiger charge is 2.31. The molecule has 5 heteroatoms. The second-order valence-corrected chi connectivity index (χ2v) is 3.11. The summed E-state index contributed by atoms with van der Waals surface area (Å²) in [5.74, 6) is -0.281. The quantitative estimate of drug-likeness (QED) is 0.501. The van der Waals surface area contributed by atoms with Crippen molar-refractivity contribution in [2.45, 2.75) is 18.8 Å². The lowest BCUT2D eigenvalue weighted by atomic mass is 10.1. The van der Waals surface area contributed by atoms with Gasteiger partial charge in [-0.1, -0.05) is 0 Å². The van der Waals surface area contributed by atoms with Gasteiger partial charge < -0.3 is 5.73 Å². The monoisotopic (exact) mass is 168 g/mol. The molecule has 3 N–H and O–H groups in total. The van der Waals surface area contributed by atoms with Crippen LogP contribution in [0.1, 0.15) is 6.42 Å². The van der Waals surface area contributed by atoms with Gasteiger partial charge in [0.05, 0.1) is 6.04 Å². The molecule has 0 aromatic rings. The van der Waals surface area contributed by atoms with E-state index in [1.807, 2.05) is 6.21 Å². The smallest absolute Gasteiger partial charge is 0.234 e. The molecule has 12 heavy (non-hydrogen) atoms. The lowest BCUT2D eigenvalue weighted by molar-refractivity contribution is -0.121. The summed E-state index contributed by atoms with van der Waals surface area (Å²) < 4.78 is 0. The molecule has 2 atom stereocenters. The zero-order valence-electron chi connectivity index (χ0n) is 6.73. The fraction of sp³-hybridized carbons (Fsp3) is 0.714. The Hall–Kier alpha value is -0.940. The fourth-order valence-electron chi connectivity index (χ4n) is 1.59. The normalized spacial score (nSPS) is 35.0. The van der Waals surface area contributed by atoms with Crippen molar-refractivity contribution in [3.8, 4) is 0 Å². The van der Waals surface area contributed by atoms with Crippen molar-refractivity contribution >= 4 is 12.1 Å². The number of aliphatic imine (C=N–C) groups is 1. The van der Waals surface area contributed by atoms with Crippen LogP contribution in [0, 0.1) is 0 Å². The molecule has 1 amide bonds. The molecule has 0 radical (unpaired) electrons. The van der Waals surface area contributed by atoms with Gasteiger partial charge in [0.2, 0.25) is 5.91 Å². The van der Waals surface area contributed by atoms with E-state index in [1.54, 1.807) is 0 Å². The number of hydrogen-bond acceptors (Lipinski definition) is 4. The molecule has 2 unspecified atom stereocenters. The van der Waals surface area contributed by atoms with Crippen molar-refractivity contribution in [2.24, 2.45) is 10.7 Å². The van der Waals surface area contributed by atoms with Crippen LogP contribution in [0.3, 0.4) is 0 Å². The van der Waals surface area contributed by atoms with Crippen LogP contribution in [-0.4, -0.2) is 42.4 Å². The van der Waals surface area contributed by atoms with E-state index in [4.69, 9.17) is 5.73 Å². The Morgan fingerprint density at radius 2 is 2.58 bits per heavy atom. The van der Waals surface area contributed by atoms with Gasteiger partial charge in [0.15, 0.2) is 6.29 Å². The number of nitrogens with two attached hydrogens (primary N) is 1. The fourth-order valence-corrected chi connectivity index (χ4v) is 1.59. The molecule has 1 saturated heterocycles. The first-order valence-corrected chi connectivity index (χ1v) is 4.08. The van der Waals surface area contributed by atoms with E-state index in [0.717, 1.165) is 19.5 Å². The van der Waals surface area contributed by atoms with Crippen molar-refractivity contribution in [2.75, 3.05) is 13.1 Å². The second kappa shape index (κ2) is 2.84. The van der Waals surface area contributed by atoms with E-state index in [1.165, 1.54) is 0 Å². The maximum absolute atomic E-state index is 10.8. The first-order chi connectivity index (χ1) is 5.77. The zero-order chi connectivity index (χ0) is 8.55. The Labute approximate surface area is 70.6 Å². The van der Waals surface area contributed by atoms with Gasteiger partial charge in [-0.05, 0) is 6.42 Å². The van der Waals surface area contributed by atoms with Crippen molar-refractivity contribution in [3.63, 3.8) is 0 Å². The molecular weight excluding hydrogens is 156 g/mol. The Bertz CT molecular complexity index is 227. The molecular formula is C7H12N4O. The van der Waals surface area contributed by atoms with E-state index in [-0.39, 0.29) is 18.2 Å². The predicted octanol–water partition coefficient (Wildman–Crippen LogP) is -1.50. The van der Waals surface area contributed by atoms with Crippen LogP contribution < -0.4 is 11.1 Å². The molecule has 0 aromatic carbocycles. The first-order valence-electron chi connectivity index (χ1n) is 4.08. The summed E-state index contributed by atoms with van der Waals surface area (Å²) in [6.07, 6.45) is 2.63. The highest BCUT2D eigenvalue weighted by molar-refractivity contribution is 5.80. The number of carbonyl (C=O) groups is 1. The summed E-state index contributed by atoms with van der Waals surface area (Å²) >= 11 is 0. The van der Waals surface area contributed by atoms with Gasteiger partial charge in [0.1, 0.15) is 0 Å². The largest absolute Gasteiger partial charge is 0.368 e. The molecule has 2 heterocycles. The minimum absolute atomic E-state index is 0.0174. The molecule has 1 fully saturated rings. The summed E-state index contributed by atoms with van der Waals surface area (Å²) in [6, 6.07) is -0.207. The number of amides is 1. The molecule has 66 valence electrons. The van der Waals surface area contributed by atoms with Crippen LogP contribution in [0.25, 0.3) is 0 Å². The third-order valence-electron chi connectivity index (χ3n) is 2.31. The van der Waals surface area contributed by atoms with Gasteiger partial charge in [-0.3, -0.25) is 20.0 Å². The summed E-state index contributed by atoms with van der Waals surface area (Å²) in [6.45, 7) is 1.77. The number of carbonyl (C=O) groups excluding carboxylic acids is 1. The molecule has 0 spiro atoms. The van der Waals surface area contributed by atoms with Crippen LogP contribution in [0.4, 0.5) is 0 Å². The third kappa shape index (κ3) is 1.21. The topological polar surface area (TPSA) is 70.7 Å². The Morgan fingerprint density at radius 1 is 1.75 bits per heavy atom. The molecule has 0 aliphatic carbocycles. The number of primary amides is 1. The van der Waals surface area contributed by atoms with Crippen LogP contribution in [0.5, 0.6) is 0 Å². The van der Waals surface area contributed by atoms with Crippen molar-refractivity contribution in [1.82, 2.24) is 10.2 Å². The van der Waals surface area contributed by atoms with E-state index >= 15 is 0 Å². The van der Waals surface area contributed by atoms with Crippen LogP contribution in [-0.2, 0) is 4.79 Å². The molecule has 0 bridgehead atoms. The summed E-state index contributed by atoms with van der Waals surface area (Å²) in [5, 5.41) is 3.07. The standard InChI is InChI=1S/C7H12N4O/c8-6(12)5-1-3-11-4-2-9-7(11)10-5/h2,5,7,10H,1,3-4H2,(H2,8,12). The Morgan fingerprint density at radius 3 is 3.33 bits per heavy atom. The Kier molecular flexibility index (Phi) is 1.82. The third-order valence-corrected chi connectivity index (χ3v) is 2.31. The minimum atomic E-state index is -0.281. The molecule has 2 aliphatic rings. The van der Waals surface area contributed by atoms with Gasteiger partial charge in [-0.2, -0.15) is 0 Å². The lowest BCUT2D eigenvalue weighted by Gasteiger charge is -2.32. The summed E-state index contributed by atoms with van der Waals surface area (Å²) in [5.41, 5.74) is 5.18. The van der Waals surface area contributed by atoms with Crippen LogP contribution >= 0.6 is 0 Å². The molecule has 0 aromatic heterocycles. The molecule has 2 rings (SSSR count). The molecule has 5 nitrogen and oxygen atoms in total. The average Bonchev–Trinajstić information content (AvgIpc) is 2.49. The van der Waals surface area contributed by atoms with Gasteiger partial charge >= 0.3 is 0 Å². The first kappa shape index (κ1) is 7.70. The van der Waals surface area contributed by atoms with E-state index < -0.39 is 0 Å². The number of nitrogens with zero attached hydrogens (tertiary/aromatic N) is 2. The van der Waals surface area contributed by atoms with Crippen molar-refractivity contribution in [3.05, 3.63) is 0 Å². The number of nitrogens with one attached hydrogen (secondary N) is 1. The van der Waals surface area contributed by atoms with Crippen molar-refractivity contribution in [1.29, 1.82) is 0 Å². The van der Waals surface area contributed by atoms with Gasteiger partial charge in [-0.15, -0.1) is 0 Å². The lowest BCUT2D eigenvalue weighted by Crippen LogP contribution is -2.57. The van der Waals surface area contributed by atoms with Crippen LogP contribution in [0.15, 0.2) is 4.99 Å². The minimum Gasteiger partial charge on any atom is -0.368 e. The zero-order valence-corrected chi connectivity index (χ0v) is 6.73. The maximum Gasteiger partial charge on any atom is 0.234 e. The summed E-state index contributed by atoms with van der Waals surface area (Å²) in [7, 11) is 0. The summed E-state index contributed by atoms with van der Waals surface area (Å²) in [4.78, 5) is 17.2. The van der Waals surface area contributed by atoms with Gasteiger partial charge in [0.25, 0.3) is 0 Å². The van der Waals surface area contributed by atoms with Crippen LogP contribution in [0.2, 0.25) is 0 Å². The number of rotatable bonds is 1. The van der Waals surface area contributed by atoms with Crippen molar-refractivity contribution < 1.29 is 4.79 Å². The highest BCUT2D eigenvalue weighted by atomic mass is 16.1. The van der Waals surface area contributed by atoms with E-state index in [0.29, 0.717) is 0 Å².